The third kappa shape index (κ3) is 3.25. The first-order valence-electron chi connectivity index (χ1n) is 7.72. The third-order valence-corrected chi connectivity index (χ3v) is 3.92. The number of hydrogen-bond acceptors (Lipinski definition) is 3. The van der Waals surface area contributed by atoms with Crippen LogP contribution in [0.4, 0.5) is 4.39 Å². The summed E-state index contributed by atoms with van der Waals surface area (Å²) >= 11 is 0. The Hall–Kier alpha value is -2.01. The van der Waals surface area contributed by atoms with E-state index in [0.717, 1.165) is 31.5 Å². The van der Waals surface area contributed by atoms with Gasteiger partial charge in [-0.2, -0.15) is 0 Å². The van der Waals surface area contributed by atoms with Crippen LogP contribution in [0.1, 0.15) is 41.2 Å². The van der Waals surface area contributed by atoms with E-state index >= 15 is 0 Å². The molecule has 5 heteroatoms. The lowest BCUT2D eigenvalue weighted by atomic mass is 10.0. The lowest BCUT2D eigenvalue weighted by Gasteiger charge is -2.10. The van der Waals surface area contributed by atoms with Gasteiger partial charge in [0.2, 0.25) is 0 Å². The van der Waals surface area contributed by atoms with Crippen LogP contribution >= 0.6 is 0 Å². The Morgan fingerprint density at radius 3 is 2.86 bits per heavy atom. The summed E-state index contributed by atoms with van der Waals surface area (Å²) < 4.78 is 13.5. The van der Waals surface area contributed by atoms with Crippen molar-refractivity contribution in [1.29, 1.82) is 0 Å². The molecule has 1 amide bonds. The van der Waals surface area contributed by atoms with Crippen molar-refractivity contribution in [3.63, 3.8) is 0 Å². The molecule has 0 radical (unpaired) electrons. The van der Waals surface area contributed by atoms with Gasteiger partial charge >= 0.3 is 0 Å². The largest absolute Gasteiger partial charge is 0.352 e. The highest BCUT2D eigenvalue weighted by molar-refractivity contribution is 6.06. The second kappa shape index (κ2) is 6.40. The molecule has 1 saturated carbocycles. The number of amides is 1. The molecule has 22 heavy (non-hydrogen) atoms. The van der Waals surface area contributed by atoms with Gasteiger partial charge in [0.1, 0.15) is 5.82 Å². The van der Waals surface area contributed by atoms with Gasteiger partial charge in [-0.3, -0.25) is 9.78 Å². The minimum atomic E-state index is -0.349. The molecule has 1 heterocycles. The lowest BCUT2D eigenvalue weighted by molar-refractivity contribution is 0.0955. The van der Waals surface area contributed by atoms with E-state index in [-0.39, 0.29) is 11.7 Å². The number of hydrogen-bond donors (Lipinski definition) is 2. The molecule has 1 fully saturated rings. The van der Waals surface area contributed by atoms with Gasteiger partial charge in [0.25, 0.3) is 5.91 Å². The molecule has 0 spiro atoms. The Labute approximate surface area is 129 Å². The number of halogens is 1. The number of nitrogens with one attached hydrogen (secondary N) is 2. The van der Waals surface area contributed by atoms with Crippen molar-refractivity contribution in [3.8, 4) is 0 Å². The molecule has 1 aliphatic rings. The van der Waals surface area contributed by atoms with E-state index < -0.39 is 0 Å². The quantitative estimate of drug-likeness (QED) is 0.806. The maximum absolute atomic E-state index is 13.5. The molecule has 0 aliphatic heterocycles. The first-order valence-corrected chi connectivity index (χ1v) is 7.72. The number of pyridine rings is 1. The monoisotopic (exact) mass is 301 g/mol. The molecule has 4 nitrogen and oxygen atoms in total. The zero-order valence-electron chi connectivity index (χ0n) is 12.7. The first kappa shape index (κ1) is 14.9. The maximum Gasteiger partial charge on any atom is 0.252 e. The first-order chi connectivity index (χ1) is 10.7. The maximum atomic E-state index is 13.5. The fourth-order valence-corrected chi connectivity index (χ4v) is 2.56. The van der Waals surface area contributed by atoms with Gasteiger partial charge in [0, 0.05) is 23.5 Å². The van der Waals surface area contributed by atoms with Gasteiger partial charge in [0.05, 0.1) is 11.1 Å². The van der Waals surface area contributed by atoms with Crippen molar-refractivity contribution in [2.45, 2.75) is 25.2 Å². The summed E-state index contributed by atoms with van der Waals surface area (Å²) in [5.41, 5.74) is 2.15. The highest BCUT2D eigenvalue weighted by Gasteiger charge is 2.27. The molecule has 2 N–H and O–H groups in total. The van der Waals surface area contributed by atoms with Crippen molar-refractivity contribution in [2.75, 3.05) is 20.1 Å². The molecular formula is C17H20FN3O. The van der Waals surface area contributed by atoms with Crippen LogP contribution < -0.4 is 10.6 Å². The van der Waals surface area contributed by atoms with Crippen molar-refractivity contribution in [2.24, 2.45) is 0 Å². The van der Waals surface area contributed by atoms with Gasteiger partial charge in [-0.1, -0.05) is 0 Å². The number of carbonyl (C=O) groups is 1. The van der Waals surface area contributed by atoms with Crippen LogP contribution in [0.25, 0.3) is 10.9 Å². The number of benzene rings is 1. The Morgan fingerprint density at radius 2 is 2.14 bits per heavy atom. The van der Waals surface area contributed by atoms with Crippen LogP contribution in [0, 0.1) is 5.82 Å². The zero-order chi connectivity index (χ0) is 15.5. The van der Waals surface area contributed by atoms with E-state index in [1.165, 1.54) is 12.1 Å². The summed E-state index contributed by atoms with van der Waals surface area (Å²) in [6, 6.07) is 6.25. The summed E-state index contributed by atoms with van der Waals surface area (Å²) in [5.74, 6) is -0.0565. The fourth-order valence-electron chi connectivity index (χ4n) is 2.56. The molecule has 0 bridgehead atoms. The summed E-state index contributed by atoms with van der Waals surface area (Å²) in [5, 5.41) is 6.52. The van der Waals surface area contributed by atoms with Crippen LogP contribution in [0.2, 0.25) is 0 Å². The second-order valence-electron chi connectivity index (χ2n) is 5.74. The molecule has 116 valence electrons. The Kier molecular flexibility index (Phi) is 4.34. The highest BCUT2D eigenvalue weighted by atomic mass is 19.1. The average Bonchev–Trinajstić information content (AvgIpc) is 3.35. The molecule has 0 saturated heterocycles. The minimum absolute atomic E-state index is 0.156. The van der Waals surface area contributed by atoms with Crippen LogP contribution in [0.3, 0.4) is 0 Å². The summed E-state index contributed by atoms with van der Waals surface area (Å²) in [4.78, 5) is 17.0. The molecule has 1 aromatic carbocycles. The normalized spacial score (nSPS) is 14.3. The van der Waals surface area contributed by atoms with Crippen LogP contribution in [0.5, 0.6) is 0 Å². The predicted octanol–water partition coefficient (Wildman–Crippen LogP) is 2.59. The van der Waals surface area contributed by atoms with Crippen molar-refractivity contribution in [1.82, 2.24) is 15.6 Å². The van der Waals surface area contributed by atoms with Crippen LogP contribution in [0.15, 0.2) is 24.3 Å². The standard InChI is InChI=1S/C17H20FN3O/c1-19-7-2-8-20-17(22)14-10-16(11-3-4-11)21-15-6-5-12(18)9-13(14)15/h5-6,9-11,19H,2-4,7-8H2,1H3,(H,20,22). The van der Waals surface area contributed by atoms with Crippen LogP contribution in [-0.4, -0.2) is 31.0 Å². The van der Waals surface area contributed by atoms with Crippen molar-refractivity contribution in [3.05, 3.63) is 41.3 Å². The number of rotatable bonds is 6. The average molecular weight is 301 g/mol. The van der Waals surface area contributed by atoms with Gasteiger partial charge < -0.3 is 10.6 Å². The van der Waals surface area contributed by atoms with E-state index in [1.54, 1.807) is 6.07 Å². The highest BCUT2D eigenvalue weighted by Crippen LogP contribution is 2.40. The van der Waals surface area contributed by atoms with E-state index in [0.29, 0.717) is 28.9 Å². The fraction of sp³-hybridized carbons (Fsp3) is 0.412. The van der Waals surface area contributed by atoms with E-state index in [2.05, 4.69) is 15.6 Å². The molecule has 0 atom stereocenters. The summed E-state index contributed by atoms with van der Waals surface area (Å²) in [6.45, 7) is 1.44. The van der Waals surface area contributed by atoms with Crippen molar-refractivity contribution < 1.29 is 9.18 Å². The molecule has 1 aromatic heterocycles. The number of fused-ring (bicyclic) bond motifs is 1. The molecular weight excluding hydrogens is 281 g/mol. The minimum Gasteiger partial charge on any atom is -0.352 e. The zero-order valence-corrected chi connectivity index (χ0v) is 12.7. The van der Waals surface area contributed by atoms with Gasteiger partial charge in [-0.05, 0) is 57.1 Å². The van der Waals surface area contributed by atoms with Crippen LogP contribution in [-0.2, 0) is 0 Å². The van der Waals surface area contributed by atoms with Gasteiger partial charge in [-0.25, -0.2) is 4.39 Å². The van der Waals surface area contributed by atoms with Gasteiger partial charge in [-0.15, -0.1) is 0 Å². The van der Waals surface area contributed by atoms with E-state index in [1.807, 2.05) is 13.1 Å². The lowest BCUT2D eigenvalue weighted by Crippen LogP contribution is -2.27. The van der Waals surface area contributed by atoms with E-state index in [4.69, 9.17) is 0 Å². The topological polar surface area (TPSA) is 54.0 Å². The predicted molar refractivity (Wildman–Crippen MR) is 84.6 cm³/mol. The van der Waals surface area contributed by atoms with E-state index in [9.17, 15) is 9.18 Å². The SMILES string of the molecule is CNCCCNC(=O)c1cc(C2CC2)nc2ccc(F)cc12. The molecule has 2 aromatic rings. The Bertz CT molecular complexity index is 698. The molecule has 1 aliphatic carbocycles. The number of carbonyl (C=O) groups excluding carboxylic acids is 1. The Balaban J connectivity index is 1.91. The number of aromatic nitrogens is 1. The molecule has 0 unspecified atom stereocenters. The second-order valence-corrected chi connectivity index (χ2v) is 5.74. The van der Waals surface area contributed by atoms with Crippen molar-refractivity contribution >= 4 is 16.8 Å². The summed E-state index contributed by atoms with van der Waals surface area (Å²) in [6.07, 6.45) is 3.08. The molecule has 3 rings (SSSR count). The smallest absolute Gasteiger partial charge is 0.252 e. The summed E-state index contributed by atoms with van der Waals surface area (Å²) in [7, 11) is 1.88. The Morgan fingerprint density at radius 1 is 1.32 bits per heavy atom. The van der Waals surface area contributed by atoms with Gasteiger partial charge in [0.15, 0.2) is 0 Å². The number of nitrogens with zero attached hydrogens (tertiary/aromatic N) is 1. The third-order valence-electron chi connectivity index (χ3n) is 3.92.